The van der Waals surface area contributed by atoms with Crippen molar-refractivity contribution in [2.75, 3.05) is 25.4 Å². The van der Waals surface area contributed by atoms with Crippen molar-refractivity contribution in [1.29, 1.82) is 0 Å². The van der Waals surface area contributed by atoms with Crippen LogP contribution in [0.3, 0.4) is 0 Å². The van der Waals surface area contributed by atoms with E-state index >= 15 is 0 Å². The molecule has 0 saturated carbocycles. The summed E-state index contributed by atoms with van der Waals surface area (Å²) in [5.74, 6) is 0.762. The van der Waals surface area contributed by atoms with Crippen LogP contribution in [-0.2, 0) is 4.74 Å². The zero-order chi connectivity index (χ0) is 19.8. The highest BCUT2D eigenvalue weighted by Gasteiger charge is 2.21. The van der Waals surface area contributed by atoms with E-state index in [-0.39, 0.29) is 0 Å². The molecular formula is C22H21N3O3. The maximum atomic E-state index is 12.0. The van der Waals surface area contributed by atoms with Gasteiger partial charge in [-0.3, -0.25) is 4.68 Å². The minimum absolute atomic E-state index is 0.543. The summed E-state index contributed by atoms with van der Waals surface area (Å²) in [7, 11) is 2.99. The van der Waals surface area contributed by atoms with E-state index in [1.165, 1.54) is 7.11 Å². The number of ether oxygens (including phenoxy) is 2. The van der Waals surface area contributed by atoms with Crippen molar-refractivity contribution in [1.82, 2.24) is 4.68 Å². The Bertz CT molecular complexity index is 1210. The number of hydrogen-bond acceptors (Lipinski definition) is 4. The van der Waals surface area contributed by atoms with Gasteiger partial charge in [0.15, 0.2) is 0 Å². The third-order valence-electron chi connectivity index (χ3n) is 5.01. The minimum Gasteiger partial charge on any atom is -0.497 e. The number of nitrogen functional groups attached to an aromatic ring is 1. The second-order valence-corrected chi connectivity index (χ2v) is 6.53. The highest BCUT2D eigenvalue weighted by molar-refractivity contribution is 6.16. The summed E-state index contributed by atoms with van der Waals surface area (Å²) >= 11 is 0. The number of anilines is 1. The van der Waals surface area contributed by atoms with Crippen LogP contribution in [0.5, 0.6) is 5.75 Å². The number of aromatic nitrogens is 1. The fraction of sp³-hybridized carbons (Fsp3) is 0.136. The summed E-state index contributed by atoms with van der Waals surface area (Å²) in [6.45, 7) is 1.95. The Labute approximate surface area is 162 Å². The molecule has 6 heteroatoms. The lowest BCUT2D eigenvalue weighted by Crippen LogP contribution is -2.23. The van der Waals surface area contributed by atoms with Crippen molar-refractivity contribution < 1.29 is 14.3 Å². The van der Waals surface area contributed by atoms with Crippen LogP contribution in [0.25, 0.3) is 32.8 Å². The van der Waals surface area contributed by atoms with E-state index in [2.05, 4.69) is 5.43 Å². The number of hydrogen-bond donors (Lipinski definition) is 2. The molecule has 28 heavy (non-hydrogen) atoms. The van der Waals surface area contributed by atoms with Gasteiger partial charge in [-0.25, -0.2) is 10.2 Å². The Morgan fingerprint density at radius 1 is 1.07 bits per heavy atom. The number of nitrogens with zero attached hydrogens (tertiary/aromatic N) is 1. The molecule has 3 aromatic carbocycles. The van der Waals surface area contributed by atoms with E-state index in [1.807, 2.05) is 61.5 Å². The van der Waals surface area contributed by atoms with Crippen molar-refractivity contribution >= 4 is 33.5 Å². The molecule has 0 aliphatic rings. The molecule has 6 nitrogen and oxygen atoms in total. The van der Waals surface area contributed by atoms with Gasteiger partial charge in [-0.1, -0.05) is 30.3 Å². The van der Waals surface area contributed by atoms with E-state index in [9.17, 15) is 4.79 Å². The van der Waals surface area contributed by atoms with Gasteiger partial charge < -0.3 is 15.2 Å². The van der Waals surface area contributed by atoms with Crippen molar-refractivity contribution in [3.63, 3.8) is 0 Å². The molecule has 0 aliphatic heterocycles. The van der Waals surface area contributed by atoms with Gasteiger partial charge in [0.25, 0.3) is 0 Å². The topological polar surface area (TPSA) is 78.5 Å². The molecule has 1 aromatic heterocycles. The van der Waals surface area contributed by atoms with Gasteiger partial charge >= 0.3 is 6.09 Å². The van der Waals surface area contributed by atoms with E-state index in [1.54, 1.807) is 11.8 Å². The number of amides is 1. The van der Waals surface area contributed by atoms with E-state index in [0.717, 1.165) is 44.2 Å². The molecule has 0 aliphatic carbocycles. The summed E-state index contributed by atoms with van der Waals surface area (Å²) in [6, 6.07) is 17.7. The molecular weight excluding hydrogens is 354 g/mol. The Hall–Kier alpha value is -3.67. The molecule has 0 bridgehead atoms. The van der Waals surface area contributed by atoms with E-state index < -0.39 is 6.09 Å². The molecule has 1 amide bonds. The lowest BCUT2D eigenvalue weighted by atomic mass is 9.96. The van der Waals surface area contributed by atoms with Crippen LogP contribution in [0.15, 0.2) is 54.6 Å². The first-order valence-corrected chi connectivity index (χ1v) is 8.86. The average Bonchev–Trinajstić information content (AvgIpc) is 2.99. The third kappa shape index (κ3) is 2.70. The Morgan fingerprint density at radius 2 is 1.82 bits per heavy atom. The first kappa shape index (κ1) is 17.7. The van der Waals surface area contributed by atoms with Crippen LogP contribution in [0.2, 0.25) is 0 Å². The maximum Gasteiger partial charge on any atom is 0.426 e. The monoisotopic (exact) mass is 375 g/mol. The smallest absolute Gasteiger partial charge is 0.426 e. The molecule has 0 spiro atoms. The van der Waals surface area contributed by atoms with E-state index in [4.69, 9.17) is 15.2 Å². The summed E-state index contributed by atoms with van der Waals surface area (Å²) in [6.07, 6.45) is -0.543. The average molecular weight is 375 g/mol. The SMILES string of the molecule is COC(=O)Nn1c(C)c(-c2ccccc2N)c2c3cc(OC)ccc3ccc21. The van der Waals surface area contributed by atoms with Crippen LogP contribution < -0.4 is 15.9 Å². The molecule has 4 aromatic rings. The first-order chi connectivity index (χ1) is 13.5. The Balaban J connectivity index is 2.16. The number of nitrogens with one attached hydrogen (secondary N) is 1. The molecule has 1 heterocycles. The lowest BCUT2D eigenvalue weighted by Gasteiger charge is -2.10. The predicted molar refractivity (Wildman–Crippen MR) is 112 cm³/mol. The van der Waals surface area contributed by atoms with Crippen LogP contribution in [0.1, 0.15) is 5.69 Å². The number of rotatable bonds is 3. The minimum atomic E-state index is -0.543. The van der Waals surface area contributed by atoms with Crippen LogP contribution in [0.4, 0.5) is 10.5 Å². The van der Waals surface area contributed by atoms with Gasteiger partial charge in [0, 0.05) is 27.9 Å². The zero-order valence-electron chi connectivity index (χ0n) is 15.9. The number of fused-ring (bicyclic) bond motifs is 3. The van der Waals surface area contributed by atoms with Crippen molar-refractivity contribution in [3.05, 3.63) is 60.3 Å². The largest absolute Gasteiger partial charge is 0.497 e. The summed E-state index contributed by atoms with van der Waals surface area (Å²) < 4.78 is 12.0. The standard InChI is InChI=1S/C22H21N3O3/c1-13-20(16-6-4-5-7-18(16)23)21-17-12-15(27-2)10-8-14(17)9-11-19(21)25(13)24-22(26)28-3/h4-12H,23H2,1-3H3,(H,24,26). The number of benzene rings is 3. The van der Waals surface area contributed by atoms with Crippen LogP contribution in [0, 0.1) is 6.92 Å². The highest BCUT2D eigenvalue weighted by atomic mass is 16.5. The van der Waals surface area contributed by atoms with Crippen molar-refractivity contribution in [3.8, 4) is 16.9 Å². The maximum absolute atomic E-state index is 12.0. The molecule has 0 radical (unpaired) electrons. The summed E-state index contributed by atoms with van der Waals surface area (Å²) in [5.41, 5.74) is 13.3. The van der Waals surface area contributed by atoms with E-state index in [0.29, 0.717) is 5.69 Å². The molecule has 4 rings (SSSR count). The highest BCUT2D eigenvalue weighted by Crippen LogP contribution is 2.41. The van der Waals surface area contributed by atoms with Gasteiger partial charge in [-0.15, -0.1) is 0 Å². The lowest BCUT2D eigenvalue weighted by molar-refractivity contribution is 0.183. The van der Waals surface area contributed by atoms with Gasteiger partial charge in [-0.2, -0.15) is 0 Å². The third-order valence-corrected chi connectivity index (χ3v) is 5.01. The molecule has 0 fully saturated rings. The molecule has 0 saturated heterocycles. The molecule has 3 N–H and O–H groups in total. The Morgan fingerprint density at radius 3 is 2.54 bits per heavy atom. The number of carbonyl (C=O) groups excluding carboxylic acids is 1. The summed E-state index contributed by atoms with van der Waals surface area (Å²) in [4.78, 5) is 12.0. The quantitative estimate of drug-likeness (QED) is 0.510. The fourth-order valence-electron chi connectivity index (χ4n) is 3.67. The molecule has 0 unspecified atom stereocenters. The first-order valence-electron chi connectivity index (χ1n) is 8.86. The van der Waals surface area contributed by atoms with Crippen LogP contribution >= 0.6 is 0 Å². The summed E-state index contributed by atoms with van der Waals surface area (Å²) in [5, 5.41) is 3.08. The normalized spacial score (nSPS) is 11.0. The molecule has 142 valence electrons. The van der Waals surface area contributed by atoms with Gasteiger partial charge in [0.1, 0.15) is 5.75 Å². The fourth-order valence-corrected chi connectivity index (χ4v) is 3.67. The van der Waals surface area contributed by atoms with Gasteiger partial charge in [0.05, 0.1) is 19.7 Å². The van der Waals surface area contributed by atoms with Crippen molar-refractivity contribution in [2.45, 2.75) is 6.92 Å². The van der Waals surface area contributed by atoms with Gasteiger partial charge in [-0.05, 0) is 42.0 Å². The predicted octanol–water partition coefficient (Wildman–Crippen LogP) is 4.67. The second-order valence-electron chi connectivity index (χ2n) is 6.53. The number of carbonyl (C=O) groups is 1. The Kier molecular flexibility index (Phi) is 4.31. The number of nitrogens with two attached hydrogens (primary N) is 1. The number of methoxy groups -OCH3 is 2. The van der Waals surface area contributed by atoms with Crippen molar-refractivity contribution in [2.24, 2.45) is 0 Å². The molecule has 0 atom stereocenters. The zero-order valence-corrected chi connectivity index (χ0v) is 15.9. The second kappa shape index (κ2) is 6.81. The van der Waals surface area contributed by atoms with Gasteiger partial charge in [0.2, 0.25) is 0 Å². The van der Waals surface area contributed by atoms with Crippen LogP contribution in [-0.4, -0.2) is 25.0 Å². The number of para-hydroxylation sites is 1.